The summed E-state index contributed by atoms with van der Waals surface area (Å²) in [4.78, 5) is 32.7. The topological polar surface area (TPSA) is 114 Å². The molecule has 0 aromatic rings. The van der Waals surface area contributed by atoms with Gasteiger partial charge in [-0.1, -0.05) is 0 Å². The molecule has 0 aliphatic carbocycles. The lowest BCUT2D eigenvalue weighted by molar-refractivity contribution is -0.137. The summed E-state index contributed by atoms with van der Waals surface area (Å²) < 4.78 is 10.2. The third-order valence-electron chi connectivity index (χ3n) is 2.16. The number of ether oxygens (including phenoxy) is 2. The number of carboxylic acid groups (broad SMARTS) is 1. The van der Waals surface area contributed by atoms with Crippen molar-refractivity contribution in [3.05, 3.63) is 0 Å². The minimum atomic E-state index is -0.987. The first-order chi connectivity index (χ1) is 9.56. The fraction of sp³-hybridized carbons (Fsp3) is 0.750. The van der Waals surface area contributed by atoms with Crippen LogP contribution in [0.5, 0.6) is 0 Å². The van der Waals surface area contributed by atoms with Gasteiger partial charge in [0.25, 0.3) is 0 Å². The Morgan fingerprint density at radius 1 is 0.950 bits per heavy atom. The highest BCUT2D eigenvalue weighted by molar-refractivity contribution is 5.84. The van der Waals surface area contributed by atoms with Gasteiger partial charge in [0.15, 0.2) is 0 Å². The molecule has 0 atom stereocenters. The second-order valence-electron chi connectivity index (χ2n) is 3.83. The molecule has 0 unspecified atom stereocenters. The summed E-state index contributed by atoms with van der Waals surface area (Å²) in [6, 6.07) is 0. The maximum absolute atomic E-state index is 11.3. The van der Waals surface area contributed by atoms with Crippen LogP contribution < -0.4 is 10.6 Å². The van der Waals surface area contributed by atoms with E-state index in [2.05, 4.69) is 10.6 Å². The van der Waals surface area contributed by atoms with E-state index in [0.29, 0.717) is 19.8 Å². The summed E-state index contributed by atoms with van der Waals surface area (Å²) in [5.41, 5.74) is 0. The molecule has 3 N–H and O–H groups in total. The van der Waals surface area contributed by atoms with Crippen molar-refractivity contribution in [3.8, 4) is 0 Å². The Morgan fingerprint density at radius 2 is 1.65 bits per heavy atom. The Morgan fingerprint density at radius 3 is 2.30 bits per heavy atom. The lowest BCUT2D eigenvalue weighted by Gasteiger charge is -2.07. The van der Waals surface area contributed by atoms with Gasteiger partial charge in [0.05, 0.1) is 32.8 Å². The Hall–Kier alpha value is -1.67. The first-order valence-electron chi connectivity index (χ1n) is 6.47. The Labute approximate surface area is 117 Å². The number of aliphatic carboxylic acids is 1. The molecular formula is C12H22N2O6. The van der Waals surface area contributed by atoms with Crippen LogP contribution >= 0.6 is 0 Å². The standard InChI is InChI=1S/C12H22N2O6/c1-2-19-7-8-20-6-4-10(15)14-9-11(16)13-5-3-12(17)18/h2-9H2,1H3,(H,13,16)(H,14,15)(H,17,18). The number of amides is 2. The van der Waals surface area contributed by atoms with Crippen LogP contribution in [-0.4, -0.2) is 62.4 Å². The van der Waals surface area contributed by atoms with Crippen molar-refractivity contribution in [2.24, 2.45) is 0 Å². The van der Waals surface area contributed by atoms with Gasteiger partial charge in [-0.05, 0) is 6.92 Å². The zero-order valence-corrected chi connectivity index (χ0v) is 11.6. The quantitative estimate of drug-likeness (QED) is 0.403. The molecule has 0 heterocycles. The first kappa shape index (κ1) is 18.3. The van der Waals surface area contributed by atoms with E-state index in [4.69, 9.17) is 14.6 Å². The van der Waals surface area contributed by atoms with E-state index in [1.807, 2.05) is 6.92 Å². The molecule has 2 amide bonds. The first-order valence-corrected chi connectivity index (χ1v) is 6.47. The number of rotatable bonds is 12. The van der Waals surface area contributed by atoms with Gasteiger partial charge in [0.1, 0.15) is 0 Å². The number of carboxylic acids is 1. The summed E-state index contributed by atoms with van der Waals surface area (Å²) in [7, 11) is 0. The second kappa shape index (κ2) is 12.4. The Bertz CT molecular complexity index is 308. The maximum Gasteiger partial charge on any atom is 0.305 e. The predicted octanol–water partition coefficient (Wildman–Crippen LogP) is -0.863. The zero-order chi connectivity index (χ0) is 15.2. The molecular weight excluding hydrogens is 268 g/mol. The highest BCUT2D eigenvalue weighted by Gasteiger charge is 2.06. The SMILES string of the molecule is CCOCCOCCC(=O)NCC(=O)NCCC(=O)O. The van der Waals surface area contributed by atoms with E-state index in [0.717, 1.165) is 0 Å². The van der Waals surface area contributed by atoms with E-state index in [1.165, 1.54) is 0 Å². The maximum atomic E-state index is 11.3. The second-order valence-corrected chi connectivity index (χ2v) is 3.83. The fourth-order valence-electron chi connectivity index (χ4n) is 1.17. The molecule has 0 aromatic carbocycles. The van der Waals surface area contributed by atoms with Crippen molar-refractivity contribution in [2.45, 2.75) is 19.8 Å². The monoisotopic (exact) mass is 290 g/mol. The fourth-order valence-corrected chi connectivity index (χ4v) is 1.17. The van der Waals surface area contributed by atoms with Crippen LogP contribution in [0.1, 0.15) is 19.8 Å². The van der Waals surface area contributed by atoms with E-state index in [9.17, 15) is 14.4 Å². The lowest BCUT2D eigenvalue weighted by Crippen LogP contribution is -2.38. The van der Waals surface area contributed by atoms with Crippen LogP contribution in [0.3, 0.4) is 0 Å². The predicted molar refractivity (Wildman–Crippen MR) is 70.2 cm³/mol. The molecule has 20 heavy (non-hydrogen) atoms. The average molecular weight is 290 g/mol. The highest BCUT2D eigenvalue weighted by Crippen LogP contribution is 1.84. The average Bonchev–Trinajstić information content (AvgIpc) is 2.40. The normalized spacial score (nSPS) is 10.1. The highest BCUT2D eigenvalue weighted by atomic mass is 16.5. The van der Waals surface area contributed by atoms with Crippen LogP contribution in [0, 0.1) is 0 Å². The number of hydrogen-bond acceptors (Lipinski definition) is 5. The summed E-state index contributed by atoms with van der Waals surface area (Å²) in [6.45, 7) is 3.57. The molecule has 0 aliphatic rings. The molecule has 0 saturated carbocycles. The zero-order valence-electron chi connectivity index (χ0n) is 11.6. The van der Waals surface area contributed by atoms with Gasteiger partial charge in [-0.25, -0.2) is 0 Å². The number of carbonyl (C=O) groups is 3. The van der Waals surface area contributed by atoms with Gasteiger partial charge >= 0.3 is 5.97 Å². The molecule has 0 aliphatic heterocycles. The van der Waals surface area contributed by atoms with Crippen LogP contribution in [-0.2, 0) is 23.9 Å². The van der Waals surface area contributed by atoms with Gasteiger partial charge in [-0.15, -0.1) is 0 Å². The molecule has 0 radical (unpaired) electrons. The Balaban J connectivity index is 3.43. The number of nitrogens with one attached hydrogen (secondary N) is 2. The minimum Gasteiger partial charge on any atom is -0.481 e. The smallest absolute Gasteiger partial charge is 0.305 e. The van der Waals surface area contributed by atoms with Gasteiger partial charge in [0.2, 0.25) is 11.8 Å². The third-order valence-corrected chi connectivity index (χ3v) is 2.16. The van der Waals surface area contributed by atoms with Crippen LogP contribution in [0.4, 0.5) is 0 Å². The van der Waals surface area contributed by atoms with E-state index >= 15 is 0 Å². The van der Waals surface area contributed by atoms with Gasteiger partial charge in [0, 0.05) is 19.6 Å². The summed E-state index contributed by atoms with van der Waals surface area (Å²) in [5, 5.41) is 13.2. The van der Waals surface area contributed by atoms with Crippen molar-refractivity contribution in [1.82, 2.24) is 10.6 Å². The van der Waals surface area contributed by atoms with Gasteiger partial charge in [-0.2, -0.15) is 0 Å². The van der Waals surface area contributed by atoms with Crippen molar-refractivity contribution >= 4 is 17.8 Å². The summed E-state index contributed by atoms with van der Waals surface area (Å²) in [5.74, 6) is -1.70. The van der Waals surface area contributed by atoms with Crippen molar-refractivity contribution in [3.63, 3.8) is 0 Å². The summed E-state index contributed by atoms with van der Waals surface area (Å²) in [6.07, 6.45) is 0.0158. The molecule has 0 rings (SSSR count). The third kappa shape index (κ3) is 12.8. The molecule has 0 aromatic heterocycles. The molecule has 8 heteroatoms. The van der Waals surface area contributed by atoms with E-state index in [-0.39, 0.29) is 38.4 Å². The molecule has 0 saturated heterocycles. The van der Waals surface area contributed by atoms with Gasteiger partial charge in [-0.3, -0.25) is 14.4 Å². The van der Waals surface area contributed by atoms with Crippen molar-refractivity contribution in [2.75, 3.05) is 39.5 Å². The molecule has 0 bridgehead atoms. The van der Waals surface area contributed by atoms with E-state index in [1.54, 1.807) is 0 Å². The van der Waals surface area contributed by atoms with Crippen molar-refractivity contribution in [1.29, 1.82) is 0 Å². The van der Waals surface area contributed by atoms with Crippen molar-refractivity contribution < 1.29 is 29.0 Å². The van der Waals surface area contributed by atoms with Crippen LogP contribution in [0.15, 0.2) is 0 Å². The molecule has 116 valence electrons. The Kier molecular flexibility index (Phi) is 11.3. The van der Waals surface area contributed by atoms with Crippen LogP contribution in [0.2, 0.25) is 0 Å². The van der Waals surface area contributed by atoms with Gasteiger partial charge < -0.3 is 25.2 Å². The molecule has 0 spiro atoms. The minimum absolute atomic E-state index is 0.0462. The largest absolute Gasteiger partial charge is 0.481 e. The van der Waals surface area contributed by atoms with Crippen LogP contribution in [0.25, 0.3) is 0 Å². The lowest BCUT2D eigenvalue weighted by atomic mass is 10.4. The summed E-state index contributed by atoms with van der Waals surface area (Å²) >= 11 is 0. The molecule has 8 nitrogen and oxygen atoms in total. The number of hydrogen-bond donors (Lipinski definition) is 3. The van der Waals surface area contributed by atoms with E-state index < -0.39 is 11.9 Å². The molecule has 0 fully saturated rings. The number of carbonyl (C=O) groups excluding carboxylic acids is 2.